The highest BCUT2D eigenvalue weighted by molar-refractivity contribution is 6.62. The van der Waals surface area contributed by atoms with Crippen LogP contribution in [0.4, 0.5) is 0 Å². The Morgan fingerprint density at radius 2 is 1.50 bits per heavy atom. The van der Waals surface area contributed by atoms with E-state index in [4.69, 9.17) is 9.47 Å². The summed E-state index contributed by atoms with van der Waals surface area (Å²) in [6.07, 6.45) is 16.3. The predicted molar refractivity (Wildman–Crippen MR) is 113 cm³/mol. The van der Waals surface area contributed by atoms with Crippen LogP contribution in [0.3, 0.4) is 0 Å². The molecule has 0 amide bonds. The predicted octanol–water partition coefficient (Wildman–Crippen LogP) is 4.58. The van der Waals surface area contributed by atoms with Crippen molar-refractivity contribution >= 4 is 19.0 Å². The van der Waals surface area contributed by atoms with Crippen molar-refractivity contribution in [2.45, 2.75) is 114 Å². The third-order valence-electron chi connectivity index (χ3n) is 6.45. The molecule has 0 N–H and O–H groups in total. The molecule has 24 heavy (non-hydrogen) atoms. The summed E-state index contributed by atoms with van der Waals surface area (Å²) in [5.41, 5.74) is 0. The van der Waals surface area contributed by atoms with Gasteiger partial charge >= 0.3 is 0 Å². The maximum absolute atomic E-state index is 6.64. The van der Waals surface area contributed by atoms with Crippen LogP contribution >= 0.6 is 0 Å². The van der Waals surface area contributed by atoms with Gasteiger partial charge in [-0.05, 0) is 38.5 Å². The summed E-state index contributed by atoms with van der Waals surface area (Å²) in [7, 11) is 0.210. The second kappa shape index (κ2) is 11.1. The lowest BCUT2D eigenvalue weighted by Gasteiger charge is -2.55. The van der Waals surface area contributed by atoms with Crippen LogP contribution in [0, 0.1) is 0 Å². The minimum Gasteiger partial charge on any atom is -0.377 e. The molecule has 2 nitrogen and oxygen atoms in total. The molecule has 0 spiro atoms. The van der Waals surface area contributed by atoms with Crippen molar-refractivity contribution in [3.63, 3.8) is 0 Å². The lowest BCUT2D eigenvalue weighted by Crippen LogP contribution is -2.67. The molecule has 3 atom stereocenters. The van der Waals surface area contributed by atoms with Crippen LogP contribution in [0.5, 0.6) is 0 Å². The molecule has 0 aromatic carbocycles. The molecule has 2 aliphatic rings. The van der Waals surface area contributed by atoms with Crippen molar-refractivity contribution < 1.29 is 9.47 Å². The van der Waals surface area contributed by atoms with E-state index in [1.54, 1.807) is 0 Å². The van der Waals surface area contributed by atoms with Gasteiger partial charge in [-0.2, -0.15) is 0 Å². The zero-order valence-electron chi connectivity index (χ0n) is 16.0. The van der Waals surface area contributed by atoms with Crippen LogP contribution in [-0.2, 0) is 9.47 Å². The third-order valence-corrected chi connectivity index (χ3v) is 12.6. The maximum Gasteiger partial charge on any atom is 0.0793 e. The Hall–Kier alpha value is 0.354. The smallest absolute Gasteiger partial charge is 0.0793 e. The summed E-state index contributed by atoms with van der Waals surface area (Å²) in [6.45, 7) is 6.86. The van der Waals surface area contributed by atoms with E-state index in [0.29, 0.717) is 0 Å². The molecule has 4 heteroatoms. The van der Waals surface area contributed by atoms with Gasteiger partial charge in [0.15, 0.2) is 0 Å². The SMILES string of the molecule is C.CCCCCCCC[SiH](C)C1(C2([SiH3])CCCCO2)CCCCO1. The van der Waals surface area contributed by atoms with E-state index < -0.39 is 8.80 Å². The van der Waals surface area contributed by atoms with Crippen LogP contribution in [0.1, 0.15) is 91.4 Å². The van der Waals surface area contributed by atoms with Crippen molar-refractivity contribution in [2.24, 2.45) is 0 Å². The highest BCUT2D eigenvalue weighted by Crippen LogP contribution is 2.43. The average molecular weight is 373 g/mol. The fourth-order valence-electron chi connectivity index (χ4n) is 4.87. The van der Waals surface area contributed by atoms with Gasteiger partial charge in [-0.25, -0.2) is 0 Å². The molecular formula is C20H44O2Si2. The van der Waals surface area contributed by atoms with Crippen molar-refractivity contribution in [3.8, 4) is 0 Å². The van der Waals surface area contributed by atoms with E-state index in [-0.39, 0.29) is 17.9 Å². The summed E-state index contributed by atoms with van der Waals surface area (Å²) in [6, 6.07) is 1.46. The first-order valence-corrected chi connectivity index (χ1v) is 14.0. The number of unbranched alkanes of at least 4 members (excludes halogenated alkanes) is 5. The van der Waals surface area contributed by atoms with Gasteiger partial charge < -0.3 is 9.47 Å². The van der Waals surface area contributed by atoms with Crippen molar-refractivity contribution in [2.75, 3.05) is 13.2 Å². The van der Waals surface area contributed by atoms with Gasteiger partial charge in [0.05, 0.1) is 19.2 Å². The quantitative estimate of drug-likeness (QED) is 0.435. The van der Waals surface area contributed by atoms with Gasteiger partial charge in [0.25, 0.3) is 0 Å². The van der Waals surface area contributed by atoms with Gasteiger partial charge in [-0.1, -0.05) is 65.5 Å². The van der Waals surface area contributed by atoms with E-state index in [1.807, 2.05) is 0 Å². The Balaban J connectivity index is 0.00000288. The van der Waals surface area contributed by atoms with E-state index in [2.05, 4.69) is 13.5 Å². The zero-order valence-corrected chi connectivity index (χ0v) is 19.2. The Morgan fingerprint density at radius 1 is 0.875 bits per heavy atom. The summed E-state index contributed by atoms with van der Waals surface area (Å²) >= 11 is 0. The molecule has 2 heterocycles. The monoisotopic (exact) mass is 372 g/mol. The van der Waals surface area contributed by atoms with Gasteiger partial charge in [0.2, 0.25) is 0 Å². The molecule has 0 aromatic heterocycles. The van der Waals surface area contributed by atoms with Gasteiger partial charge in [-0.15, -0.1) is 0 Å². The topological polar surface area (TPSA) is 18.5 Å². The van der Waals surface area contributed by atoms with Crippen LogP contribution in [0.25, 0.3) is 0 Å². The number of ether oxygens (including phenoxy) is 2. The Bertz CT molecular complexity index is 324. The van der Waals surface area contributed by atoms with Gasteiger partial charge in [0.1, 0.15) is 0 Å². The minimum absolute atomic E-state index is 0. The van der Waals surface area contributed by atoms with Gasteiger partial charge in [0, 0.05) is 23.5 Å². The van der Waals surface area contributed by atoms with Gasteiger partial charge in [-0.3, -0.25) is 0 Å². The lowest BCUT2D eigenvalue weighted by molar-refractivity contribution is -0.161. The third kappa shape index (κ3) is 5.42. The summed E-state index contributed by atoms with van der Waals surface area (Å²) in [5, 5.41) is 0.306. The first-order valence-electron chi connectivity index (χ1n) is 10.4. The van der Waals surface area contributed by atoms with Crippen molar-refractivity contribution in [1.82, 2.24) is 0 Å². The molecular weight excluding hydrogens is 328 g/mol. The molecule has 3 unspecified atom stereocenters. The second-order valence-electron chi connectivity index (χ2n) is 8.19. The lowest BCUT2D eigenvalue weighted by atomic mass is 9.96. The molecule has 2 rings (SSSR count). The molecule has 144 valence electrons. The zero-order chi connectivity index (χ0) is 16.6. The van der Waals surface area contributed by atoms with E-state index in [0.717, 1.165) is 23.5 Å². The number of hydrogen-bond acceptors (Lipinski definition) is 2. The first kappa shape index (κ1) is 22.4. The van der Waals surface area contributed by atoms with Crippen LogP contribution in [0.15, 0.2) is 0 Å². The Morgan fingerprint density at radius 3 is 2.08 bits per heavy atom. The first-order chi connectivity index (χ1) is 11.1. The van der Waals surface area contributed by atoms with Crippen LogP contribution < -0.4 is 0 Å². The average Bonchev–Trinajstić information content (AvgIpc) is 2.59. The molecule has 2 saturated heterocycles. The fourth-order valence-corrected chi connectivity index (χ4v) is 11.0. The van der Waals surface area contributed by atoms with E-state index >= 15 is 0 Å². The Labute approximate surface area is 156 Å². The van der Waals surface area contributed by atoms with E-state index in [9.17, 15) is 0 Å². The summed E-state index contributed by atoms with van der Waals surface area (Å²) in [5.74, 6) is 0. The van der Waals surface area contributed by atoms with E-state index in [1.165, 1.54) is 83.1 Å². The molecule has 0 bridgehead atoms. The molecule has 0 saturated carbocycles. The normalized spacial score (nSPS) is 32.2. The highest BCUT2D eigenvalue weighted by atomic mass is 28.3. The standard InChI is InChI=1S/C19H40O2Si2.CH4/c1-3-4-5-6-7-12-17-23(2)19(14-9-11-16-21-19)18(22)13-8-10-15-20-18;/h23H,3-17H2,1-2,22H3;1H4. The maximum atomic E-state index is 6.64. The number of hydrogen-bond donors (Lipinski definition) is 0. The summed E-state index contributed by atoms with van der Waals surface area (Å²) < 4.78 is 13.1. The molecule has 2 aliphatic heterocycles. The fraction of sp³-hybridized carbons (Fsp3) is 1.00. The largest absolute Gasteiger partial charge is 0.377 e. The highest BCUT2D eigenvalue weighted by Gasteiger charge is 2.54. The summed E-state index contributed by atoms with van der Waals surface area (Å²) in [4.78, 5) is 0. The molecule has 0 aromatic rings. The molecule has 0 radical (unpaired) electrons. The van der Waals surface area contributed by atoms with Crippen LogP contribution in [0.2, 0.25) is 12.6 Å². The number of rotatable bonds is 9. The second-order valence-corrected chi connectivity index (χ2v) is 13.1. The van der Waals surface area contributed by atoms with Crippen molar-refractivity contribution in [1.29, 1.82) is 0 Å². The minimum atomic E-state index is -0.931. The molecule has 2 fully saturated rings. The van der Waals surface area contributed by atoms with Crippen molar-refractivity contribution in [3.05, 3.63) is 0 Å². The molecule has 0 aliphatic carbocycles. The van der Waals surface area contributed by atoms with Crippen LogP contribution in [-0.4, -0.2) is 42.7 Å². The Kier molecular flexibility index (Phi) is 10.4.